The van der Waals surface area contributed by atoms with Gasteiger partial charge in [0, 0.05) is 17.7 Å². The number of pyridine rings is 1. The Kier molecular flexibility index (Phi) is 3.36. The van der Waals surface area contributed by atoms with Crippen LogP contribution >= 0.6 is 15.9 Å². The molecule has 1 rings (SSSR count). The zero-order chi connectivity index (χ0) is 10.8. The highest BCUT2D eigenvalue weighted by molar-refractivity contribution is 9.10. The highest BCUT2D eigenvalue weighted by atomic mass is 79.9. The number of alkyl halides is 3. The number of rotatable bonds is 2. The molecule has 0 radical (unpaired) electrons. The van der Waals surface area contributed by atoms with Gasteiger partial charge in [0.05, 0.1) is 0 Å². The van der Waals surface area contributed by atoms with Crippen LogP contribution < -0.4 is 4.90 Å². The van der Waals surface area contributed by atoms with Crippen LogP contribution in [0.5, 0.6) is 0 Å². The Morgan fingerprint density at radius 2 is 2.14 bits per heavy atom. The van der Waals surface area contributed by atoms with Gasteiger partial charge in [-0.1, -0.05) is 15.9 Å². The number of nitrogens with zero attached hydrogens (tertiary/aromatic N) is 2. The van der Waals surface area contributed by atoms with Crippen molar-refractivity contribution in [3.63, 3.8) is 0 Å². The molecular weight excluding hydrogens is 261 g/mol. The zero-order valence-corrected chi connectivity index (χ0v) is 8.93. The molecule has 1 aromatic rings. The van der Waals surface area contributed by atoms with Crippen molar-refractivity contribution in [1.29, 1.82) is 0 Å². The van der Waals surface area contributed by atoms with Crippen molar-refractivity contribution in [3.05, 3.63) is 22.8 Å². The van der Waals surface area contributed by atoms with E-state index in [0.717, 1.165) is 4.90 Å². The van der Waals surface area contributed by atoms with Crippen molar-refractivity contribution in [2.24, 2.45) is 0 Å². The predicted molar refractivity (Wildman–Crippen MR) is 51.3 cm³/mol. The van der Waals surface area contributed by atoms with E-state index in [1.54, 1.807) is 6.07 Å². The van der Waals surface area contributed by atoms with Gasteiger partial charge >= 0.3 is 6.18 Å². The SMILES string of the molecule is CN(CC(F)(F)F)c1cc(Br)ccn1. The van der Waals surface area contributed by atoms with Crippen LogP contribution in [0.15, 0.2) is 22.8 Å². The molecule has 0 unspecified atom stereocenters. The third-order valence-electron chi connectivity index (χ3n) is 1.52. The maximum absolute atomic E-state index is 12.0. The third kappa shape index (κ3) is 3.53. The third-order valence-corrected chi connectivity index (χ3v) is 2.01. The van der Waals surface area contributed by atoms with Crippen LogP contribution in [-0.4, -0.2) is 24.8 Å². The molecule has 0 saturated carbocycles. The van der Waals surface area contributed by atoms with Gasteiger partial charge in [-0.3, -0.25) is 0 Å². The minimum absolute atomic E-state index is 0.289. The highest BCUT2D eigenvalue weighted by Gasteiger charge is 2.29. The summed E-state index contributed by atoms with van der Waals surface area (Å²) in [6.45, 7) is -1.00. The van der Waals surface area contributed by atoms with E-state index in [2.05, 4.69) is 20.9 Å². The van der Waals surface area contributed by atoms with E-state index in [1.165, 1.54) is 19.3 Å². The summed E-state index contributed by atoms with van der Waals surface area (Å²) in [5, 5.41) is 0. The van der Waals surface area contributed by atoms with Crippen LogP contribution in [0.2, 0.25) is 0 Å². The summed E-state index contributed by atoms with van der Waals surface area (Å²) in [4.78, 5) is 4.87. The molecule has 0 aliphatic carbocycles. The van der Waals surface area contributed by atoms with Crippen LogP contribution in [0.4, 0.5) is 19.0 Å². The van der Waals surface area contributed by atoms with Crippen molar-refractivity contribution < 1.29 is 13.2 Å². The molecule has 0 aliphatic heterocycles. The standard InChI is InChI=1S/C8H8BrF3N2/c1-14(5-8(10,11)12)7-4-6(9)2-3-13-7/h2-4H,5H2,1H3. The maximum Gasteiger partial charge on any atom is 0.405 e. The summed E-state index contributed by atoms with van der Waals surface area (Å²) >= 11 is 3.16. The average molecular weight is 269 g/mol. The van der Waals surface area contributed by atoms with Gasteiger partial charge in [0.15, 0.2) is 0 Å². The van der Waals surface area contributed by atoms with Crippen LogP contribution in [0.3, 0.4) is 0 Å². The van der Waals surface area contributed by atoms with Gasteiger partial charge < -0.3 is 4.90 Å². The molecule has 1 aromatic heterocycles. The van der Waals surface area contributed by atoms with Crippen molar-refractivity contribution in [1.82, 2.24) is 4.98 Å². The fourth-order valence-electron chi connectivity index (χ4n) is 0.952. The van der Waals surface area contributed by atoms with Crippen molar-refractivity contribution in [3.8, 4) is 0 Å². The Hall–Kier alpha value is -0.780. The fraction of sp³-hybridized carbons (Fsp3) is 0.375. The molecule has 0 fully saturated rings. The Morgan fingerprint density at radius 1 is 1.50 bits per heavy atom. The predicted octanol–water partition coefficient (Wildman–Crippen LogP) is 2.84. The molecule has 0 spiro atoms. The van der Waals surface area contributed by atoms with E-state index >= 15 is 0 Å². The molecule has 78 valence electrons. The number of hydrogen-bond donors (Lipinski definition) is 0. The van der Waals surface area contributed by atoms with Gasteiger partial charge in [-0.2, -0.15) is 13.2 Å². The van der Waals surface area contributed by atoms with E-state index < -0.39 is 12.7 Å². The minimum Gasteiger partial charge on any atom is -0.351 e. The fourth-order valence-corrected chi connectivity index (χ4v) is 1.28. The Bertz CT molecular complexity index is 314. The molecule has 0 amide bonds. The lowest BCUT2D eigenvalue weighted by atomic mass is 10.4. The van der Waals surface area contributed by atoms with Gasteiger partial charge in [0.1, 0.15) is 12.4 Å². The second-order valence-corrected chi connectivity index (χ2v) is 3.72. The molecule has 0 saturated heterocycles. The van der Waals surface area contributed by atoms with Crippen LogP contribution in [-0.2, 0) is 0 Å². The van der Waals surface area contributed by atoms with Crippen molar-refractivity contribution >= 4 is 21.7 Å². The van der Waals surface area contributed by atoms with Crippen molar-refractivity contribution in [2.45, 2.75) is 6.18 Å². The Labute approximate surface area is 87.9 Å². The summed E-state index contributed by atoms with van der Waals surface area (Å²) in [6, 6.07) is 3.19. The minimum atomic E-state index is -4.21. The van der Waals surface area contributed by atoms with Gasteiger partial charge in [0.2, 0.25) is 0 Å². The monoisotopic (exact) mass is 268 g/mol. The molecule has 0 bridgehead atoms. The highest BCUT2D eigenvalue weighted by Crippen LogP contribution is 2.21. The number of halogens is 4. The Balaban J connectivity index is 2.74. The largest absolute Gasteiger partial charge is 0.405 e. The summed E-state index contributed by atoms with van der Waals surface area (Å²) < 4.78 is 36.7. The van der Waals surface area contributed by atoms with Crippen LogP contribution in [0.1, 0.15) is 0 Å². The molecule has 1 heterocycles. The van der Waals surface area contributed by atoms with Crippen LogP contribution in [0.25, 0.3) is 0 Å². The maximum atomic E-state index is 12.0. The number of aromatic nitrogens is 1. The summed E-state index contributed by atoms with van der Waals surface area (Å²) in [7, 11) is 1.35. The van der Waals surface area contributed by atoms with Gasteiger partial charge in [-0.25, -0.2) is 4.98 Å². The molecule has 0 aliphatic rings. The van der Waals surface area contributed by atoms with Crippen LogP contribution in [0, 0.1) is 0 Å². The average Bonchev–Trinajstić information content (AvgIpc) is 2.01. The molecule has 0 atom stereocenters. The lowest BCUT2D eigenvalue weighted by Gasteiger charge is -2.19. The first-order valence-electron chi connectivity index (χ1n) is 3.78. The molecule has 0 aromatic carbocycles. The number of anilines is 1. The van der Waals surface area contributed by atoms with E-state index in [9.17, 15) is 13.2 Å². The molecular formula is C8H8BrF3N2. The van der Waals surface area contributed by atoms with E-state index in [-0.39, 0.29) is 5.82 Å². The van der Waals surface area contributed by atoms with Gasteiger partial charge in [-0.15, -0.1) is 0 Å². The topological polar surface area (TPSA) is 16.1 Å². The lowest BCUT2D eigenvalue weighted by Crippen LogP contribution is -2.31. The smallest absolute Gasteiger partial charge is 0.351 e. The number of hydrogen-bond acceptors (Lipinski definition) is 2. The summed E-state index contributed by atoms with van der Waals surface area (Å²) in [5.74, 6) is 0.289. The molecule has 0 N–H and O–H groups in total. The van der Waals surface area contributed by atoms with E-state index in [0.29, 0.717) is 4.47 Å². The first-order chi connectivity index (χ1) is 6.38. The normalized spacial score (nSPS) is 11.5. The van der Waals surface area contributed by atoms with Gasteiger partial charge in [-0.05, 0) is 12.1 Å². The molecule has 14 heavy (non-hydrogen) atoms. The van der Waals surface area contributed by atoms with E-state index in [4.69, 9.17) is 0 Å². The second kappa shape index (κ2) is 4.16. The summed E-state index contributed by atoms with van der Waals surface area (Å²) in [6.07, 6.45) is -2.76. The quantitative estimate of drug-likeness (QED) is 0.820. The van der Waals surface area contributed by atoms with Crippen molar-refractivity contribution in [2.75, 3.05) is 18.5 Å². The second-order valence-electron chi connectivity index (χ2n) is 2.80. The van der Waals surface area contributed by atoms with Gasteiger partial charge in [0.25, 0.3) is 0 Å². The first kappa shape index (κ1) is 11.3. The summed E-state index contributed by atoms with van der Waals surface area (Å²) in [5.41, 5.74) is 0. The lowest BCUT2D eigenvalue weighted by molar-refractivity contribution is -0.119. The zero-order valence-electron chi connectivity index (χ0n) is 7.35. The molecule has 2 nitrogen and oxygen atoms in total. The molecule has 6 heteroatoms. The first-order valence-corrected chi connectivity index (χ1v) is 4.57. The Morgan fingerprint density at radius 3 is 2.64 bits per heavy atom. The van der Waals surface area contributed by atoms with E-state index in [1.807, 2.05) is 0 Å².